The van der Waals surface area contributed by atoms with E-state index in [1.54, 1.807) is 11.4 Å². The molecular weight excluding hydrogens is 273 g/mol. The maximum absolute atomic E-state index is 13.1. The molecule has 0 bridgehead atoms. The van der Waals surface area contributed by atoms with Crippen LogP contribution in [0.25, 0.3) is 11.0 Å². The van der Waals surface area contributed by atoms with Crippen molar-refractivity contribution in [3.8, 4) is 0 Å². The molecule has 4 nitrogen and oxygen atoms in total. The first-order valence-corrected chi connectivity index (χ1v) is 6.47. The van der Waals surface area contributed by atoms with Gasteiger partial charge in [0.25, 0.3) is 0 Å². The number of benzene rings is 1. The minimum absolute atomic E-state index is 0.0950. The fraction of sp³-hybridized carbons (Fsp3) is 0.0909. The van der Waals surface area contributed by atoms with E-state index in [1.165, 1.54) is 12.1 Å². The van der Waals surface area contributed by atoms with Crippen molar-refractivity contribution in [2.75, 3.05) is 0 Å². The number of thiazole rings is 1. The fourth-order valence-electron chi connectivity index (χ4n) is 1.85. The molecule has 0 radical (unpaired) electrons. The van der Waals surface area contributed by atoms with E-state index in [1.807, 2.05) is 4.57 Å². The van der Waals surface area contributed by atoms with E-state index >= 15 is 0 Å². The van der Waals surface area contributed by atoms with Crippen LogP contribution < -0.4 is 4.87 Å². The van der Waals surface area contributed by atoms with E-state index in [2.05, 4.69) is 9.97 Å². The van der Waals surface area contributed by atoms with Crippen molar-refractivity contribution in [1.29, 1.82) is 0 Å². The van der Waals surface area contributed by atoms with Crippen molar-refractivity contribution in [1.82, 2.24) is 14.5 Å². The van der Waals surface area contributed by atoms with Gasteiger partial charge in [0.05, 0.1) is 17.6 Å². The number of halogens is 1. The fourth-order valence-corrected chi connectivity index (χ4v) is 2.70. The Hall–Kier alpha value is -1.73. The Kier molecular flexibility index (Phi) is 2.64. The normalized spacial score (nSPS) is 11.2. The molecule has 0 aliphatic carbocycles. The Morgan fingerprint density at radius 3 is 2.94 bits per heavy atom. The van der Waals surface area contributed by atoms with Gasteiger partial charge in [-0.15, -0.1) is 0 Å². The lowest BCUT2D eigenvalue weighted by atomic mass is 10.3. The second kappa shape index (κ2) is 4.18. The minimum atomic E-state index is -0.310. The first-order chi connectivity index (χ1) is 8.63. The zero-order valence-corrected chi connectivity index (χ0v) is 10.7. The van der Waals surface area contributed by atoms with Crippen molar-refractivity contribution >= 4 is 34.6 Å². The van der Waals surface area contributed by atoms with Crippen LogP contribution in [0.15, 0.2) is 28.4 Å². The highest BCUT2D eigenvalue weighted by Crippen LogP contribution is 2.16. The second-order valence-electron chi connectivity index (χ2n) is 3.85. The molecule has 1 aromatic carbocycles. The Morgan fingerprint density at radius 2 is 2.22 bits per heavy atom. The summed E-state index contributed by atoms with van der Waals surface area (Å²) in [6, 6.07) is 4.46. The lowest BCUT2D eigenvalue weighted by Gasteiger charge is -2.01. The quantitative estimate of drug-likeness (QED) is 0.709. The van der Waals surface area contributed by atoms with Gasteiger partial charge in [-0.2, -0.15) is 0 Å². The maximum Gasteiger partial charge on any atom is 0.304 e. The van der Waals surface area contributed by atoms with E-state index in [0.717, 1.165) is 22.5 Å². The predicted octanol–water partition coefficient (Wildman–Crippen LogP) is 2.64. The molecule has 2 aromatic heterocycles. The number of hydrogen-bond donors (Lipinski definition) is 2. The molecule has 7 heteroatoms. The highest BCUT2D eigenvalue weighted by Gasteiger charge is 2.07. The van der Waals surface area contributed by atoms with Crippen LogP contribution in [0.5, 0.6) is 0 Å². The molecule has 3 rings (SSSR count). The van der Waals surface area contributed by atoms with Gasteiger partial charge in [-0.05, 0) is 30.4 Å². The Labute approximate surface area is 110 Å². The summed E-state index contributed by atoms with van der Waals surface area (Å²) in [4.78, 5) is 16.7. The summed E-state index contributed by atoms with van der Waals surface area (Å²) in [7, 11) is 0. The van der Waals surface area contributed by atoms with E-state index in [4.69, 9.17) is 12.2 Å². The van der Waals surface area contributed by atoms with Gasteiger partial charge in [0, 0.05) is 11.1 Å². The molecule has 2 N–H and O–H groups in total. The van der Waals surface area contributed by atoms with E-state index in [9.17, 15) is 9.18 Å². The molecule has 0 aliphatic rings. The number of aromatic amines is 2. The SMILES string of the molecule is O=c1[nH]c(Cn2c(=S)[nH]c3cc(F)ccc32)cs1. The van der Waals surface area contributed by atoms with Crippen LogP contribution in [-0.2, 0) is 6.54 Å². The molecule has 2 heterocycles. The topological polar surface area (TPSA) is 53.6 Å². The zero-order valence-electron chi connectivity index (χ0n) is 9.07. The lowest BCUT2D eigenvalue weighted by Crippen LogP contribution is -2.02. The van der Waals surface area contributed by atoms with Gasteiger partial charge in [0.1, 0.15) is 5.82 Å². The van der Waals surface area contributed by atoms with Crippen molar-refractivity contribution < 1.29 is 4.39 Å². The van der Waals surface area contributed by atoms with Crippen LogP contribution in [0.3, 0.4) is 0 Å². The van der Waals surface area contributed by atoms with Crippen molar-refractivity contribution in [3.05, 3.63) is 49.5 Å². The smallest absolute Gasteiger partial charge is 0.304 e. The monoisotopic (exact) mass is 281 g/mol. The first kappa shape index (κ1) is 11.4. The summed E-state index contributed by atoms with van der Waals surface area (Å²) in [5.41, 5.74) is 2.25. The number of H-pyrrole nitrogens is 2. The largest absolute Gasteiger partial charge is 0.330 e. The molecule has 18 heavy (non-hydrogen) atoms. The third-order valence-electron chi connectivity index (χ3n) is 2.64. The van der Waals surface area contributed by atoms with Gasteiger partial charge in [0.2, 0.25) is 0 Å². The number of fused-ring (bicyclic) bond motifs is 1. The van der Waals surface area contributed by atoms with Crippen LogP contribution in [-0.4, -0.2) is 14.5 Å². The molecule has 0 unspecified atom stereocenters. The van der Waals surface area contributed by atoms with Gasteiger partial charge in [-0.3, -0.25) is 4.79 Å². The summed E-state index contributed by atoms with van der Waals surface area (Å²) in [6.07, 6.45) is 0. The summed E-state index contributed by atoms with van der Waals surface area (Å²) in [6.45, 7) is 0.462. The first-order valence-electron chi connectivity index (χ1n) is 5.18. The molecule has 0 aliphatic heterocycles. The lowest BCUT2D eigenvalue weighted by molar-refractivity contribution is 0.629. The van der Waals surface area contributed by atoms with Gasteiger partial charge in [-0.1, -0.05) is 11.3 Å². The maximum atomic E-state index is 13.1. The van der Waals surface area contributed by atoms with Gasteiger partial charge < -0.3 is 14.5 Å². The van der Waals surface area contributed by atoms with Gasteiger partial charge in [0.15, 0.2) is 4.77 Å². The molecule has 0 fully saturated rings. The second-order valence-corrected chi connectivity index (χ2v) is 5.08. The minimum Gasteiger partial charge on any atom is -0.330 e. The van der Waals surface area contributed by atoms with E-state index in [0.29, 0.717) is 16.8 Å². The number of aromatic nitrogens is 3. The van der Waals surface area contributed by atoms with Crippen molar-refractivity contribution in [2.45, 2.75) is 6.54 Å². The van der Waals surface area contributed by atoms with Crippen LogP contribution in [0.2, 0.25) is 0 Å². The van der Waals surface area contributed by atoms with E-state index < -0.39 is 0 Å². The highest BCUT2D eigenvalue weighted by atomic mass is 32.1. The summed E-state index contributed by atoms with van der Waals surface area (Å²) in [5, 5.41) is 1.76. The summed E-state index contributed by atoms with van der Waals surface area (Å²) >= 11 is 6.31. The summed E-state index contributed by atoms with van der Waals surface area (Å²) in [5.74, 6) is -0.310. The van der Waals surface area contributed by atoms with Crippen molar-refractivity contribution in [3.63, 3.8) is 0 Å². The molecule has 92 valence electrons. The van der Waals surface area contributed by atoms with E-state index in [-0.39, 0.29) is 10.7 Å². The highest BCUT2D eigenvalue weighted by molar-refractivity contribution is 7.71. The number of nitrogens with zero attached hydrogens (tertiary/aromatic N) is 1. The number of hydrogen-bond acceptors (Lipinski definition) is 3. The zero-order chi connectivity index (χ0) is 12.7. The molecule has 0 saturated carbocycles. The van der Waals surface area contributed by atoms with Crippen LogP contribution in [0.1, 0.15) is 5.69 Å². The van der Waals surface area contributed by atoms with Crippen LogP contribution in [0, 0.1) is 10.6 Å². The Morgan fingerprint density at radius 1 is 1.39 bits per heavy atom. The molecule has 0 saturated heterocycles. The Bertz CT molecular complexity index is 827. The summed E-state index contributed by atoms with van der Waals surface area (Å²) < 4.78 is 15.4. The molecular formula is C11H8FN3OS2. The molecule has 0 atom stereocenters. The number of nitrogens with one attached hydrogen (secondary N) is 2. The average molecular weight is 281 g/mol. The third-order valence-corrected chi connectivity index (χ3v) is 3.68. The number of rotatable bonds is 2. The molecule has 0 spiro atoms. The average Bonchev–Trinajstić information content (AvgIpc) is 2.84. The third kappa shape index (κ3) is 1.91. The molecule has 3 aromatic rings. The Balaban J connectivity index is 2.14. The predicted molar refractivity (Wildman–Crippen MR) is 71.1 cm³/mol. The van der Waals surface area contributed by atoms with Gasteiger partial charge in [-0.25, -0.2) is 4.39 Å². The number of imidazole rings is 1. The standard InChI is InChI=1S/C11H8FN3OS2/c12-6-1-2-9-8(3-6)14-10(17)15(9)4-7-5-18-11(16)13-7/h1-3,5H,4H2,(H,13,16)(H,14,17). The van der Waals surface area contributed by atoms with Crippen LogP contribution in [0.4, 0.5) is 4.39 Å². The molecule has 0 amide bonds. The van der Waals surface area contributed by atoms with Crippen LogP contribution >= 0.6 is 23.6 Å². The van der Waals surface area contributed by atoms with Gasteiger partial charge >= 0.3 is 4.87 Å². The van der Waals surface area contributed by atoms with Crippen molar-refractivity contribution in [2.24, 2.45) is 0 Å².